The number of hydrogen-bond donors (Lipinski definition) is 0. The molecule has 0 atom stereocenters. The summed E-state index contributed by atoms with van der Waals surface area (Å²) in [7, 11) is 0. The second kappa shape index (κ2) is 17.3. The third-order valence-electron chi connectivity index (χ3n) is 16.7. The molecule has 364 valence electrons. The highest BCUT2D eigenvalue weighted by Crippen LogP contribution is 2.62. The monoisotopic (exact) mass is 975 g/mol. The Balaban J connectivity index is 1.03. The number of benzene rings is 11. The van der Waals surface area contributed by atoms with Crippen molar-refractivity contribution in [3.63, 3.8) is 0 Å². The van der Waals surface area contributed by atoms with E-state index in [1.54, 1.807) is 0 Å². The van der Waals surface area contributed by atoms with Gasteiger partial charge in [-0.05, 0) is 142 Å². The van der Waals surface area contributed by atoms with Crippen LogP contribution in [0.5, 0.6) is 0 Å². The highest BCUT2D eigenvalue weighted by atomic mass is 16.3. The maximum absolute atomic E-state index is 7.25. The van der Waals surface area contributed by atoms with Gasteiger partial charge >= 0.3 is 0 Å². The lowest BCUT2D eigenvalue weighted by atomic mass is 9.64. The Bertz CT molecular complexity index is 4160. The van der Waals surface area contributed by atoms with E-state index in [1.165, 1.54) is 83.5 Å². The first-order valence-corrected chi connectivity index (χ1v) is 26.7. The first kappa shape index (κ1) is 45.6. The van der Waals surface area contributed by atoms with Gasteiger partial charge in [-0.15, -0.1) is 0 Å². The normalized spacial score (nSPS) is 13.8. The maximum Gasteiger partial charge on any atom is 0.160 e. The molecule has 1 heterocycles. The summed E-state index contributed by atoms with van der Waals surface area (Å²) in [6.07, 6.45) is 0. The van der Waals surface area contributed by atoms with Crippen molar-refractivity contribution in [2.24, 2.45) is 0 Å². The van der Waals surface area contributed by atoms with Crippen LogP contribution >= 0.6 is 0 Å². The van der Waals surface area contributed by atoms with Crippen molar-refractivity contribution >= 4 is 39.0 Å². The van der Waals surface area contributed by atoms with Gasteiger partial charge in [-0.2, -0.15) is 0 Å². The summed E-state index contributed by atoms with van der Waals surface area (Å²) in [5.74, 6) is 0. The third kappa shape index (κ3) is 6.87. The molecular weight excluding hydrogens is 919 g/mol. The lowest BCUT2D eigenvalue weighted by Crippen LogP contribution is -2.32. The molecule has 11 aromatic carbocycles. The molecule has 14 rings (SSSR count). The number of furan rings is 1. The molecule has 2 heteroatoms. The van der Waals surface area contributed by atoms with Crippen molar-refractivity contribution in [3.05, 3.63) is 294 Å². The standard InChI is InChI=1S/C74H57NO/c1-72(2,3)63-44-42-56(50-24-12-7-13-25-50)68-60-40-36-51(46-65(60)74(70(63)68,52-26-14-8-15-27-52)53-28-16-9-17-29-53)57-43-45-66(71-69(57)61-31-19-21-33-67(61)76-71)75(54-37-34-49(35-38-54)48-22-10-6-11-23-48)55-39-41-59-58-30-18-20-32-62(58)73(4,5)64(59)47-55/h6-47H,1-5H3. The predicted molar refractivity (Wildman–Crippen MR) is 318 cm³/mol. The summed E-state index contributed by atoms with van der Waals surface area (Å²) in [6.45, 7) is 11.8. The molecule has 0 spiro atoms. The summed E-state index contributed by atoms with van der Waals surface area (Å²) in [5, 5.41) is 2.18. The predicted octanol–water partition coefficient (Wildman–Crippen LogP) is 20.0. The summed E-state index contributed by atoms with van der Waals surface area (Å²) >= 11 is 0. The van der Waals surface area contributed by atoms with Crippen LogP contribution in [0.15, 0.2) is 259 Å². The first-order chi connectivity index (χ1) is 37.1. The average Bonchev–Trinajstić information content (AvgIpc) is 4.27. The van der Waals surface area contributed by atoms with Crippen LogP contribution in [0, 0.1) is 0 Å². The van der Waals surface area contributed by atoms with Gasteiger partial charge in [0.25, 0.3) is 0 Å². The van der Waals surface area contributed by atoms with Crippen molar-refractivity contribution in [1.29, 1.82) is 0 Å². The molecule has 0 bridgehead atoms. The Kier molecular flexibility index (Phi) is 10.4. The summed E-state index contributed by atoms with van der Waals surface area (Å²) < 4.78 is 7.25. The van der Waals surface area contributed by atoms with Crippen molar-refractivity contribution < 1.29 is 4.42 Å². The van der Waals surface area contributed by atoms with E-state index in [0.717, 1.165) is 50.1 Å². The molecule has 0 fully saturated rings. The van der Waals surface area contributed by atoms with E-state index in [9.17, 15) is 0 Å². The van der Waals surface area contributed by atoms with Crippen LogP contribution < -0.4 is 4.90 Å². The molecule has 76 heavy (non-hydrogen) atoms. The first-order valence-electron chi connectivity index (χ1n) is 26.7. The van der Waals surface area contributed by atoms with Crippen LogP contribution in [0.3, 0.4) is 0 Å². The fourth-order valence-corrected chi connectivity index (χ4v) is 13.2. The Morgan fingerprint density at radius 3 is 1.63 bits per heavy atom. The van der Waals surface area contributed by atoms with E-state index in [0.29, 0.717) is 0 Å². The largest absolute Gasteiger partial charge is 0.454 e. The van der Waals surface area contributed by atoms with Gasteiger partial charge < -0.3 is 9.32 Å². The SMILES string of the molecule is CC(C)(C)c1ccc(-c2ccccc2)c2c1C(c1ccccc1)(c1ccccc1)c1cc(-c3ccc(N(c4ccc(-c5ccccc5)cc4)c4ccc5c(c4)C(C)(C)c4ccccc4-5)c4oc5ccccc5c34)ccc1-2. The molecule has 0 radical (unpaired) electrons. The van der Waals surface area contributed by atoms with E-state index in [2.05, 4.69) is 294 Å². The van der Waals surface area contributed by atoms with Gasteiger partial charge in [-0.3, -0.25) is 0 Å². The molecular formula is C74H57NO. The van der Waals surface area contributed by atoms with Crippen molar-refractivity contribution in [2.45, 2.75) is 50.9 Å². The Hall–Kier alpha value is -8.98. The molecule has 2 aliphatic carbocycles. The van der Waals surface area contributed by atoms with Crippen molar-refractivity contribution in [2.75, 3.05) is 4.90 Å². The van der Waals surface area contributed by atoms with Crippen LogP contribution in [0.4, 0.5) is 17.1 Å². The highest BCUT2D eigenvalue weighted by Gasteiger charge is 2.50. The topological polar surface area (TPSA) is 16.4 Å². The number of hydrogen-bond acceptors (Lipinski definition) is 2. The van der Waals surface area contributed by atoms with Gasteiger partial charge in [-0.25, -0.2) is 0 Å². The molecule has 0 saturated carbocycles. The van der Waals surface area contributed by atoms with Gasteiger partial charge in [0.15, 0.2) is 5.58 Å². The van der Waals surface area contributed by atoms with Crippen LogP contribution in [0.1, 0.15) is 73.6 Å². The molecule has 0 aliphatic heterocycles. The van der Waals surface area contributed by atoms with E-state index in [-0.39, 0.29) is 10.8 Å². The quantitative estimate of drug-likeness (QED) is 0.151. The number of nitrogens with zero attached hydrogens (tertiary/aromatic N) is 1. The number of para-hydroxylation sites is 1. The minimum atomic E-state index is -0.641. The molecule has 0 unspecified atom stereocenters. The molecule has 2 nitrogen and oxygen atoms in total. The third-order valence-corrected chi connectivity index (χ3v) is 16.7. The average molecular weight is 976 g/mol. The van der Waals surface area contributed by atoms with Crippen LogP contribution in [-0.2, 0) is 16.2 Å². The van der Waals surface area contributed by atoms with Gasteiger partial charge in [0.05, 0.1) is 11.1 Å². The van der Waals surface area contributed by atoms with E-state index >= 15 is 0 Å². The number of fused-ring (bicyclic) bond motifs is 9. The summed E-state index contributed by atoms with van der Waals surface area (Å²) in [4.78, 5) is 2.41. The summed E-state index contributed by atoms with van der Waals surface area (Å²) in [6, 6.07) is 94.4. The highest BCUT2D eigenvalue weighted by molar-refractivity contribution is 6.17. The smallest absolute Gasteiger partial charge is 0.160 e. The van der Waals surface area contributed by atoms with Crippen LogP contribution in [-0.4, -0.2) is 0 Å². The molecule has 2 aliphatic rings. The Morgan fingerprint density at radius 1 is 0.395 bits per heavy atom. The second-order valence-corrected chi connectivity index (χ2v) is 22.4. The summed E-state index contributed by atoms with van der Waals surface area (Å²) in [5.41, 5.74) is 25.2. The molecule has 0 saturated heterocycles. The fraction of sp³-hybridized carbons (Fsp3) is 0.108. The van der Waals surface area contributed by atoms with Crippen molar-refractivity contribution in [3.8, 4) is 55.6 Å². The molecule has 0 N–H and O–H groups in total. The minimum Gasteiger partial charge on any atom is -0.454 e. The number of rotatable bonds is 8. The van der Waals surface area contributed by atoms with Gasteiger partial charge in [0.1, 0.15) is 5.58 Å². The molecule has 1 aromatic heterocycles. The lowest BCUT2D eigenvalue weighted by molar-refractivity contribution is 0.572. The van der Waals surface area contributed by atoms with E-state index in [4.69, 9.17) is 4.42 Å². The fourth-order valence-electron chi connectivity index (χ4n) is 13.2. The van der Waals surface area contributed by atoms with Gasteiger partial charge in [0.2, 0.25) is 0 Å². The molecule has 12 aromatic rings. The maximum atomic E-state index is 7.25. The zero-order chi connectivity index (χ0) is 51.3. The number of anilines is 3. The molecule has 0 amide bonds. The van der Waals surface area contributed by atoms with Crippen molar-refractivity contribution in [1.82, 2.24) is 0 Å². The second-order valence-electron chi connectivity index (χ2n) is 22.4. The zero-order valence-electron chi connectivity index (χ0n) is 43.6. The Labute approximate surface area is 446 Å². The van der Waals surface area contributed by atoms with Gasteiger partial charge in [0, 0.05) is 27.6 Å². The minimum absolute atomic E-state index is 0.164. The zero-order valence-corrected chi connectivity index (χ0v) is 43.6. The van der Waals surface area contributed by atoms with E-state index in [1.807, 2.05) is 0 Å². The Morgan fingerprint density at radius 2 is 0.934 bits per heavy atom. The lowest BCUT2D eigenvalue weighted by Gasteiger charge is -2.38. The van der Waals surface area contributed by atoms with E-state index < -0.39 is 5.41 Å². The van der Waals surface area contributed by atoms with Gasteiger partial charge in [-0.1, -0.05) is 247 Å². The van der Waals surface area contributed by atoms with Crippen LogP contribution in [0.25, 0.3) is 77.6 Å². The van der Waals surface area contributed by atoms with Crippen LogP contribution in [0.2, 0.25) is 0 Å².